The van der Waals surface area contributed by atoms with Crippen LogP contribution >= 0.6 is 11.6 Å². The number of nitrogens with zero attached hydrogens (tertiary/aromatic N) is 4. The molecule has 0 saturated heterocycles. The zero-order valence-electron chi connectivity index (χ0n) is 11.5. The lowest BCUT2D eigenvalue weighted by Gasteiger charge is -2.04. The SMILES string of the molecule is CN(C)C=Nc1cnc(C(=O)c2ccc(Cl)cc2)n1C. The Kier molecular flexibility index (Phi) is 4.20. The number of hydrogen-bond donors (Lipinski definition) is 0. The predicted octanol–water partition coefficient (Wildman–Crippen LogP) is 2.53. The highest BCUT2D eigenvalue weighted by Crippen LogP contribution is 2.17. The predicted molar refractivity (Wildman–Crippen MR) is 79.9 cm³/mol. The van der Waals surface area contributed by atoms with Crippen molar-refractivity contribution in [2.24, 2.45) is 12.0 Å². The maximum absolute atomic E-state index is 12.3. The van der Waals surface area contributed by atoms with Crippen molar-refractivity contribution in [3.8, 4) is 0 Å². The number of ketones is 1. The standard InChI is InChI=1S/C14H15ClN4O/c1-18(2)9-17-12-8-16-14(19(12)3)13(20)10-4-6-11(15)7-5-10/h4-9H,1-3H3. The van der Waals surface area contributed by atoms with Crippen LogP contribution in [0.3, 0.4) is 0 Å². The molecule has 0 bridgehead atoms. The second-order valence-corrected chi connectivity index (χ2v) is 4.98. The van der Waals surface area contributed by atoms with E-state index in [9.17, 15) is 4.79 Å². The lowest BCUT2D eigenvalue weighted by Crippen LogP contribution is -2.09. The Hall–Kier alpha value is -2.14. The van der Waals surface area contributed by atoms with Crippen LogP contribution in [0.15, 0.2) is 35.5 Å². The topological polar surface area (TPSA) is 50.5 Å². The summed E-state index contributed by atoms with van der Waals surface area (Å²) in [5, 5.41) is 0.595. The van der Waals surface area contributed by atoms with Gasteiger partial charge in [0.1, 0.15) is 0 Å². The molecule has 104 valence electrons. The van der Waals surface area contributed by atoms with Gasteiger partial charge in [0.15, 0.2) is 11.6 Å². The fourth-order valence-electron chi connectivity index (χ4n) is 1.64. The van der Waals surface area contributed by atoms with Crippen molar-refractivity contribution in [3.63, 3.8) is 0 Å². The molecule has 1 aromatic carbocycles. The second-order valence-electron chi connectivity index (χ2n) is 4.54. The molecule has 0 N–H and O–H groups in total. The number of benzene rings is 1. The van der Waals surface area contributed by atoms with Gasteiger partial charge in [-0.15, -0.1) is 0 Å². The molecule has 0 spiro atoms. The van der Waals surface area contributed by atoms with Gasteiger partial charge in [0.2, 0.25) is 5.78 Å². The van der Waals surface area contributed by atoms with E-state index in [0.29, 0.717) is 22.2 Å². The van der Waals surface area contributed by atoms with Crippen LogP contribution in [0.1, 0.15) is 16.2 Å². The number of aliphatic imine (C=N–C) groups is 1. The largest absolute Gasteiger partial charge is 0.369 e. The van der Waals surface area contributed by atoms with Crippen LogP contribution in [0.5, 0.6) is 0 Å². The van der Waals surface area contributed by atoms with Crippen molar-refractivity contribution in [2.45, 2.75) is 0 Å². The number of carbonyl (C=O) groups is 1. The Bertz CT molecular complexity index is 644. The molecule has 0 aliphatic rings. The zero-order valence-corrected chi connectivity index (χ0v) is 12.3. The lowest BCUT2D eigenvalue weighted by atomic mass is 10.1. The summed E-state index contributed by atoms with van der Waals surface area (Å²) in [5.74, 6) is 0.810. The van der Waals surface area contributed by atoms with Gasteiger partial charge in [-0.1, -0.05) is 11.6 Å². The molecule has 0 amide bonds. The first kappa shape index (κ1) is 14.3. The average Bonchev–Trinajstić information content (AvgIpc) is 2.78. The number of aromatic nitrogens is 2. The second kappa shape index (κ2) is 5.88. The summed E-state index contributed by atoms with van der Waals surface area (Å²) in [4.78, 5) is 22.5. The van der Waals surface area contributed by atoms with Gasteiger partial charge in [-0.05, 0) is 24.3 Å². The van der Waals surface area contributed by atoms with E-state index in [4.69, 9.17) is 11.6 Å². The molecule has 6 heteroatoms. The van der Waals surface area contributed by atoms with E-state index in [2.05, 4.69) is 9.98 Å². The minimum atomic E-state index is -0.157. The van der Waals surface area contributed by atoms with E-state index in [1.54, 1.807) is 48.4 Å². The van der Waals surface area contributed by atoms with Crippen molar-refractivity contribution in [1.29, 1.82) is 0 Å². The molecular weight excluding hydrogens is 276 g/mol. The highest BCUT2D eigenvalue weighted by atomic mass is 35.5. The molecule has 2 aromatic rings. The quantitative estimate of drug-likeness (QED) is 0.494. The van der Waals surface area contributed by atoms with E-state index in [1.165, 1.54) is 0 Å². The van der Waals surface area contributed by atoms with Gasteiger partial charge in [-0.2, -0.15) is 0 Å². The molecule has 0 atom stereocenters. The Morgan fingerprint density at radius 1 is 1.35 bits per heavy atom. The Morgan fingerprint density at radius 3 is 2.60 bits per heavy atom. The van der Waals surface area contributed by atoms with Gasteiger partial charge in [-0.25, -0.2) is 9.98 Å². The Labute approximate surface area is 122 Å². The normalized spacial score (nSPS) is 11.0. The van der Waals surface area contributed by atoms with E-state index in [-0.39, 0.29) is 5.78 Å². The van der Waals surface area contributed by atoms with E-state index >= 15 is 0 Å². The molecule has 0 saturated carbocycles. The van der Waals surface area contributed by atoms with Crippen LogP contribution in [0.25, 0.3) is 0 Å². The molecule has 0 unspecified atom stereocenters. The number of halogens is 1. The lowest BCUT2D eigenvalue weighted by molar-refractivity contribution is 0.102. The van der Waals surface area contributed by atoms with Crippen molar-refractivity contribution in [3.05, 3.63) is 46.9 Å². The fourth-order valence-corrected chi connectivity index (χ4v) is 1.76. The third kappa shape index (κ3) is 3.05. The van der Waals surface area contributed by atoms with Crippen LogP contribution in [0.4, 0.5) is 5.82 Å². The maximum Gasteiger partial charge on any atom is 0.228 e. The smallest absolute Gasteiger partial charge is 0.228 e. The summed E-state index contributed by atoms with van der Waals surface area (Å²) in [6.45, 7) is 0. The van der Waals surface area contributed by atoms with Crippen molar-refractivity contribution >= 4 is 29.5 Å². The van der Waals surface area contributed by atoms with Gasteiger partial charge in [0.25, 0.3) is 0 Å². The minimum Gasteiger partial charge on any atom is -0.369 e. The monoisotopic (exact) mass is 290 g/mol. The van der Waals surface area contributed by atoms with Crippen LogP contribution in [-0.4, -0.2) is 40.7 Å². The van der Waals surface area contributed by atoms with E-state index < -0.39 is 0 Å². The van der Waals surface area contributed by atoms with Crippen LogP contribution in [0, 0.1) is 0 Å². The molecular formula is C14H15ClN4O. The molecule has 0 radical (unpaired) electrons. The summed E-state index contributed by atoms with van der Waals surface area (Å²) < 4.78 is 1.66. The first-order valence-corrected chi connectivity index (χ1v) is 6.39. The highest BCUT2D eigenvalue weighted by Gasteiger charge is 2.16. The zero-order chi connectivity index (χ0) is 14.7. The fraction of sp³-hybridized carbons (Fsp3) is 0.214. The van der Waals surface area contributed by atoms with Crippen LogP contribution in [-0.2, 0) is 7.05 Å². The maximum atomic E-state index is 12.3. The summed E-state index contributed by atoms with van der Waals surface area (Å²) >= 11 is 5.81. The first-order chi connectivity index (χ1) is 9.49. The number of rotatable bonds is 4. The minimum absolute atomic E-state index is 0.157. The van der Waals surface area contributed by atoms with Crippen LogP contribution in [0.2, 0.25) is 5.02 Å². The van der Waals surface area contributed by atoms with Gasteiger partial charge >= 0.3 is 0 Å². The first-order valence-electron chi connectivity index (χ1n) is 6.01. The van der Waals surface area contributed by atoms with E-state index in [0.717, 1.165) is 0 Å². The Balaban J connectivity index is 2.29. The summed E-state index contributed by atoms with van der Waals surface area (Å²) in [6.07, 6.45) is 3.23. The summed E-state index contributed by atoms with van der Waals surface area (Å²) in [5.41, 5.74) is 0.547. The molecule has 1 aromatic heterocycles. The molecule has 5 nitrogen and oxygen atoms in total. The third-order valence-corrected chi connectivity index (χ3v) is 2.95. The third-order valence-electron chi connectivity index (χ3n) is 2.69. The number of imidazole rings is 1. The van der Waals surface area contributed by atoms with Gasteiger partial charge in [0.05, 0.1) is 12.5 Å². The molecule has 20 heavy (non-hydrogen) atoms. The molecule has 0 fully saturated rings. The molecule has 2 rings (SSSR count). The summed E-state index contributed by atoms with van der Waals surface area (Å²) in [7, 11) is 5.51. The molecule has 1 heterocycles. The van der Waals surface area contributed by atoms with Crippen molar-refractivity contribution in [2.75, 3.05) is 14.1 Å². The highest BCUT2D eigenvalue weighted by molar-refractivity contribution is 6.30. The van der Waals surface area contributed by atoms with Crippen LogP contribution < -0.4 is 0 Å². The van der Waals surface area contributed by atoms with Gasteiger partial charge in [0, 0.05) is 31.7 Å². The molecule has 0 aliphatic heterocycles. The average molecular weight is 291 g/mol. The van der Waals surface area contributed by atoms with Crippen molar-refractivity contribution in [1.82, 2.24) is 14.5 Å². The number of hydrogen-bond acceptors (Lipinski definition) is 3. The van der Waals surface area contributed by atoms with Gasteiger partial charge in [-0.3, -0.25) is 4.79 Å². The summed E-state index contributed by atoms with van der Waals surface area (Å²) in [6, 6.07) is 6.73. The Morgan fingerprint density at radius 2 is 2.00 bits per heavy atom. The van der Waals surface area contributed by atoms with Crippen molar-refractivity contribution < 1.29 is 4.79 Å². The van der Waals surface area contributed by atoms with E-state index in [1.807, 2.05) is 19.0 Å². The molecule has 0 aliphatic carbocycles. The van der Waals surface area contributed by atoms with Gasteiger partial charge < -0.3 is 9.47 Å². The number of carbonyl (C=O) groups excluding carboxylic acids is 1.